The van der Waals surface area contributed by atoms with E-state index < -0.39 is 15.9 Å². The number of nitrogens with two attached hydrogens (primary N) is 1. The number of amides is 2. The van der Waals surface area contributed by atoms with Gasteiger partial charge in [-0.05, 0) is 42.7 Å². The lowest BCUT2D eigenvalue weighted by Gasteiger charge is -2.26. The molecule has 0 saturated carbocycles. The van der Waals surface area contributed by atoms with Crippen LogP contribution in [0, 0.1) is 0 Å². The van der Waals surface area contributed by atoms with E-state index in [2.05, 4.69) is 5.32 Å². The third-order valence-corrected chi connectivity index (χ3v) is 5.70. The molecule has 0 fully saturated rings. The van der Waals surface area contributed by atoms with E-state index in [-0.39, 0.29) is 15.9 Å². The molecule has 1 heterocycles. The summed E-state index contributed by atoms with van der Waals surface area (Å²) in [5.41, 5.74) is 6.02. The minimum absolute atomic E-state index is 0.191. The minimum Gasteiger partial charge on any atom is -0.488 e. The van der Waals surface area contributed by atoms with Crippen LogP contribution in [-0.4, -0.2) is 27.1 Å². The second-order valence-corrected chi connectivity index (χ2v) is 7.56. The summed E-state index contributed by atoms with van der Waals surface area (Å²) in [6.07, 6.45) is 1.27. The number of ether oxygens (including phenoxy) is 1. The van der Waals surface area contributed by atoms with E-state index in [0.717, 1.165) is 18.4 Å². The van der Waals surface area contributed by atoms with Gasteiger partial charge in [0.25, 0.3) is 0 Å². The first kappa shape index (κ1) is 16.3. The highest BCUT2D eigenvalue weighted by atomic mass is 32.2. The molecule has 1 atom stereocenters. The Hall–Kier alpha value is -2.54. The highest BCUT2D eigenvalue weighted by Crippen LogP contribution is 2.32. The van der Waals surface area contributed by atoms with Crippen LogP contribution in [0.5, 0.6) is 5.75 Å². The Morgan fingerprint density at radius 2 is 1.92 bits per heavy atom. The molecule has 0 spiro atoms. The first-order valence-electron chi connectivity index (χ1n) is 7.60. The number of rotatable bonds is 4. The highest BCUT2D eigenvalue weighted by molar-refractivity contribution is 7.91. The number of benzene rings is 2. The molecular formula is C17H18N2O4S. The Bertz CT molecular complexity index is 850. The van der Waals surface area contributed by atoms with Gasteiger partial charge in [-0.15, -0.1) is 0 Å². The molecule has 2 aromatic rings. The van der Waals surface area contributed by atoms with Crippen LogP contribution < -0.4 is 15.8 Å². The molecule has 1 aliphatic rings. The van der Waals surface area contributed by atoms with Gasteiger partial charge in [0.2, 0.25) is 9.84 Å². The molecule has 0 aromatic heterocycles. The average Bonchev–Trinajstić information content (AvgIpc) is 2.60. The molecule has 7 heteroatoms. The fourth-order valence-corrected chi connectivity index (χ4v) is 3.96. The molecule has 0 unspecified atom stereocenters. The molecule has 6 nitrogen and oxygen atoms in total. The van der Waals surface area contributed by atoms with Crippen molar-refractivity contribution in [2.24, 2.45) is 5.73 Å². The average molecular weight is 346 g/mol. The zero-order chi connectivity index (χ0) is 17.2. The van der Waals surface area contributed by atoms with E-state index in [0.29, 0.717) is 12.3 Å². The van der Waals surface area contributed by atoms with E-state index in [4.69, 9.17) is 10.5 Å². The summed E-state index contributed by atoms with van der Waals surface area (Å²) in [7, 11) is -3.59. The Labute approximate surface area is 140 Å². The summed E-state index contributed by atoms with van der Waals surface area (Å²) < 4.78 is 31.2. The molecule has 126 valence electrons. The maximum atomic E-state index is 12.7. The van der Waals surface area contributed by atoms with Gasteiger partial charge in [0.1, 0.15) is 11.9 Å². The predicted molar refractivity (Wildman–Crippen MR) is 88.7 cm³/mol. The summed E-state index contributed by atoms with van der Waals surface area (Å²) >= 11 is 0. The summed E-state index contributed by atoms with van der Waals surface area (Å²) in [4.78, 5) is 11.2. The number of carbonyl (C=O) groups is 1. The van der Waals surface area contributed by atoms with Crippen molar-refractivity contribution in [2.45, 2.75) is 28.7 Å². The SMILES string of the molecule is NC(=O)NC[C@H]1CCc2ccc(S(=O)(=O)c3ccccc3)cc2O1. The van der Waals surface area contributed by atoms with Crippen LogP contribution >= 0.6 is 0 Å². The summed E-state index contributed by atoms with van der Waals surface area (Å²) in [5, 5.41) is 2.51. The van der Waals surface area contributed by atoms with Gasteiger partial charge in [-0.3, -0.25) is 0 Å². The van der Waals surface area contributed by atoms with Gasteiger partial charge in [-0.2, -0.15) is 0 Å². The van der Waals surface area contributed by atoms with Gasteiger partial charge in [-0.25, -0.2) is 13.2 Å². The van der Waals surface area contributed by atoms with Gasteiger partial charge in [0.15, 0.2) is 0 Å². The second-order valence-electron chi connectivity index (χ2n) is 5.61. The van der Waals surface area contributed by atoms with Crippen LogP contribution in [0.25, 0.3) is 0 Å². The minimum atomic E-state index is -3.59. The number of fused-ring (bicyclic) bond motifs is 1. The molecule has 2 aromatic carbocycles. The zero-order valence-electron chi connectivity index (χ0n) is 12.9. The molecular weight excluding hydrogens is 328 g/mol. The Balaban J connectivity index is 1.86. The van der Waals surface area contributed by atoms with Gasteiger partial charge in [0, 0.05) is 0 Å². The molecule has 0 bridgehead atoms. The lowest BCUT2D eigenvalue weighted by molar-refractivity contribution is 0.170. The number of urea groups is 1. The van der Waals surface area contributed by atoms with Crippen molar-refractivity contribution >= 4 is 15.9 Å². The normalized spacial score (nSPS) is 16.8. The molecule has 0 saturated heterocycles. The number of hydrogen-bond acceptors (Lipinski definition) is 4. The maximum absolute atomic E-state index is 12.7. The summed E-state index contributed by atoms with van der Waals surface area (Å²) in [6, 6.07) is 12.6. The Morgan fingerprint density at radius 1 is 1.17 bits per heavy atom. The Kier molecular flexibility index (Phi) is 4.44. The van der Waals surface area contributed by atoms with Gasteiger partial charge in [-0.1, -0.05) is 24.3 Å². The third kappa shape index (κ3) is 3.35. The van der Waals surface area contributed by atoms with Crippen molar-refractivity contribution in [1.82, 2.24) is 5.32 Å². The molecule has 1 aliphatic heterocycles. The first-order valence-corrected chi connectivity index (χ1v) is 9.08. The zero-order valence-corrected chi connectivity index (χ0v) is 13.8. The standard InChI is InChI=1S/C17H18N2O4S/c18-17(20)19-11-13-8-6-12-7-9-15(10-16(12)23-13)24(21,22)14-4-2-1-3-5-14/h1-5,7,9-10,13H,6,8,11H2,(H3,18,19,20)/t13-/m1/s1. The lowest BCUT2D eigenvalue weighted by atomic mass is 10.0. The molecule has 0 radical (unpaired) electrons. The van der Waals surface area contributed by atoms with Gasteiger partial charge < -0.3 is 15.8 Å². The van der Waals surface area contributed by atoms with Crippen molar-refractivity contribution in [2.75, 3.05) is 6.54 Å². The van der Waals surface area contributed by atoms with Crippen LogP contribution in [0.15, 0.2) is 58.3 Å². The van der Waals surface area contributed by atoms with Crippen LogP contribution in [-0.2, 0) is 16.3 Å². The topological polar surface area (TPSA) is 98.5 Å². The number of primary amides is 1. The van der Waals surface area contributed by atoms with Crippen molar-refractivity contribution in [1.29, 1.82) is 0 Å². The lowest BCUT2D eigenvalue weighted by Crippen LogP contribution is -2.39. The van der Waals surface area contributed by atoms with Crippen LogP contribution in [0.1, 0.15) is 12.0 Å². The second kappa shape index (κ2) is 6.52. The number of hydrogen-bond donors (Lipinski definition) is 2. The number of carbonyl (C=O) groups excluding carboxylic acids is 1. The van der Waals surface area contributed by atoms with E-state index in [9.17, 15) is 13.2 Å². The molecule has 2 amide bonds. The van der Waals surface area contributed by atoms with Crippen molar-refractivity contribution in [3.05, 3.63) is 54.1 Å². The van der Waals surface area contributed by atoms with E-state index in [1.807, 2.05) is 0 Å². The van der Waals surface area contributed by atoms with Crippen molar-refractivity contribution < 1.29 is 17.9 Å². The van der Waals surface area contributed by atoms with E-state index >= 15 is 0 Å². The van der Waals surface area contributed by atoms with E-state index in [1.165, 1.54) is 0 Å². The highest BCUT2D eigenvalue weighted by Gasteiger charge is 2.24. The quantitative estimate of drug-likeness (QED) is 0.883. The number of sulfone groups is 1. The molecule has 0 aliphatic carbocycles. The molecule has 24 heavy (non-hydrogen) atoms. The predicted octanol–water partition coefficient (Wildman–Crippen LogP) is 1.88. The molecule has 3 rings (SSSR count). The largest absolute Gasteiger partial charge is 0.488 e. The van der Waals surface area contributed by atoms with Gasteiger partial charge >= 0.3 is 6.03 Å². The maximum Gasteiger partial charge on any atom is 0.312 e. The smallest absolute Gasteiger partial charge is 0.312 e. The van der Waals surface area contributed by atoms with Crippen LogP contribution in [0.3, 0.4) is 0 Å². The third-order valence-electron chi connectivity index (χ3n) is 3.94. The number of aryl methyl sites for hydroxylation is 1. The summed E-state index contributed by atoms with van der Waals surface area (Å²) in [5.74, 6) is 0.537. The summed E-state index contributed by atoms with van der Waals surface area (Å²) in [6.45, 7) is 0.296. The fourth-order valence-electron chi connectivity index (χ4n) is 2.67. The van der Waals surface area contributed by atoms with Crippen molar-refractivity contribution in [3.63, 3.8) is 0 Å². The van der Waals surface area contributed by atoms with Crippen molar-refractivity contribution in [3.8, 4) is 5.75 Å². The van der Waals surface area contributed by atoms with Crippen LogP contribution in [0.4, 0.5) is 4.79 Å². The monoisotopic (exact) mass is 346 g/mol. The van der Waals surface area contributed by atoms with Crippen LogP contribution in [0.2, 0.25) is 0 Å². The number of nitrogens with one attached hydrogen (secondary N) is 1. The fraction of sp³-hybridized carbons (Fsp3) is 0.235. The van der Waals surface area contributed by atoms with E-state index in [1.54, 1.807) is 48.5 Å². The molecule has 3 N–H and O–H groups in total. The van der Waals surface area contributed by atoms with Gasteiger partial charge in [0.05, 0.1) is 16.3 Å². The first-order chi connectivity index (χ1) is 11.5. The Morgan fingerprint density at radius 3 is 2.62 bits per heavy atom.